The van der Waals surface area contributed by atoms with Gasteiger partial charge >= 0.3 is 5.97 Å². The smallest absolute Gasteiger partial charge is 0.341 e. The molecule has 2 rings (SSSR count). The molecule has 1 heterocycles. The largest absolute Gasteiger partial charge is 0.469 e. The van der Waals surface area contributed by atoms with Crippen molar-refractivity contribution in [2.45, 2.75) is 26.2 Å². The van der Waals surface area contributed by atoms with Crippen LogP contribution in [-0.4, -0.2) is 12.6 Å². The van der Waals surface area contributed by atoms with Gasteiger partial charge in [-0.25, -0.2) is 4.79 Å². The molecule has 1 aliphatic rings. The van der Waals surface area contributed by atoms with Crippen LogP contribution < -0.4 is 0 Å². The zero-order valence-corrected chi connectivity index (χ0v) is 9.16. The van der Waals surface area contributed by atoms with Crippen molar-refractivity contribution in [1.29, 1.82) is 5.26 Å². The van der Waals surface area contributed by atoms with E-state index in [0.717, 1.165) is 12.8 Å². The summed E-state index contributed by atoms with van der Waals surface area (Å²) in [5, 5.41) is 8.63. The number of nitrogens with zero attached hydrogens (tertiary/aromatic N) is 1. The maximum Gasteiger partial charge on any atom is 0.341 e. The number of nitriles is 1. The molecule has 1 fully saturated rings. The van der Waals surface area contributed by atoms with E-state index in [9.17, 15) is 4.79 Å². The number of esters is 1. The minimum absolute atomic E-state index is 0.0674. The van der Waals surface area contributed by atoms with Gasteiger partial charge in [0.1, 0.15) is 11.3 Å². The van der Waals surface area contributed by atoms with E-state index >= 15 is 0 Å². The Morgan fingerprint density at radius 2 is 2.44 bits per heavy atom. The van der Waals surface area contributed by atoms with Gasteiger partial charge in [0.05, 0.1) is 18.9 Å². The normalized spacial score (nSPS) is 16.5. The predicted molar refractivity (Wildman–Crippen MR) is 55.6 cm³/mol. The molecule has 0 aromatic carbocycles. The molecule has 0 atom stereocenters. The first-order chi connectivity index (χ1) is 7.67. The molecular formula is C12H13NO3. The molecule has 1 saturated carbocycles. The summed E-state index contributed by atoms with van der Waals surface area (Å²) in [6.07, 6.45) is 3.87. The molecule has 4 heteroatoms. The Kier molecular flexibility index (Phi) is 2.69. The molecule has 1 aliphatic carbocycles. The van der Waals surface area contributed by atoms with Gasteiger partial charge in [0.2, 0.25) is 0 Å². The van der Waals surface area contributed by atoms with E-state index in [1.807, 2.05) is 0 Å². The van der Waals surface area contributed by atoms with Gasteiger partial charge in [-0.2, -0.15) is 5.26 Å². The van der Waals surface area contributed by atoms with Crippen LogP contribution in [0.3, 0.4) is 0 Å². The van der Waals surface area contributed by atoms with Crippen LogP contribution in [0.1, 0.15) is 35.4 Å². The Balaban J connectivity index is 1.90. The molecular weight excluding hydrogens is 206 g/mol. The van der Waals surface area contributed by atoms with Crippen molar-refractivity contribution in [3.05, 3.63) is 23.7 Å². The third-order valence-electron chi connectivity index (χ3n) is 3.00. The van der Waals surface area contributed by atoms with Crippen molar-refractivity contribution >= 4 is 5.97 Å². The SMILES string of the molecule is Cc1occc1C(=O)OCC1(CC#N)CC1. The van der Waals surface area contributed by atoms with Crippen LogP contribution in [0.4, 0.5) is 0 Å². The summed E-state index contributed by atoms with van der Waals surface area (Å²) in [7, 11) is 0. The monoisotopic (exact) mass is 219 g/mol. The lowest BCUT2D eigenvalue weighted by Gasteiger charge is -2.10. The lowest BCUT2D eigenvalue weighted by Crippen LogP contribution is -2.15. The Hall–Kier alpha value is -1.76. The van der Waals surface area contributed by atoms with Crippen molar-refractivity contribution in [2.24, 2.45) is 5.41 Å². The first-order valence-corrected chi connectivity index (χ1v) is 5.25. The number of hydrogen-bond donors (Lipinski definition) is 0. The van der Waals surface area contributed by atoms with E-state index in [0.29, 0.717) is 24.4 Å². The molecule has 0 radical (unpaired) electrons. The fraction of sp³-hybridized carbons (Fsp3) is 0.500. The lowest BCUT2D eigenvalue weighted by atomic mass is 10.1. The minimum Gasteiger partial charge on any atom is -0.469 e. The molecule has 0 amide bonds. The van der Waals surface area contributed by atoms with E-state index in [4.69, 9.17) is 14.4 Å². The molecule has 84 valence electrons. The highest BCUT2D eigenvalue weighted by Gasteiger charge is 2.43. The highest BCUT2D eigenvalue weighted by molar-refractivity contribution is 5.90. The van der Waals surface area contributed by atoms with Gasteiger partial charge in [-0.1, -0.05) is 0 Å². The molecule has 4 nitrogen and oxygen atoms in total. The van der Waals surface area contributed by atoms with Gasteiger partial charge in [0, 0.05) is 11.8 Å². The van der Waals surface area contributed by atoms with Crippen molar-refractivity contribution in [2.75, 3.05) is 6.61 Å². The highest BCUT2D eigenvalue weighted by atomic mass is 16.5. The molecule has 0 unspecified atom stereocenters. The van der Waals surface area contributed by atoms with Crippen molar-refractivity contribution < 1.29 is 13.9 Å². The molecule has 1 aromatic heterocycles. The van der Waals surface area contributed by atoms with E-state index in [1.54, 1.807) is 13.0 Å². The lowest BCUT2D eigenvalue weighted by molar-refractivity contribution is 0.0417. The Morgan fingerprint density at radius 1 is 1.69 bits per heavy atom. The zero-order chi connectivity index (χ0) is 11.6. The molecule has 0 saturated heterocycles. The van der Waals surface area contributed by atoms with Crippen molar-refractivity contribution in [3.8, 4) is 6.07 Å². The van der Waals surface area contributed by atoms with Gasteiger partial charge in [0.15, 0.2) is 0 Å². The number of hydrogen-bond acceptors (Lipinski definition) is 4. The topological polar surface area (TPSA) is 63.2 Å². The minimum atomic E-state index is -0.365. The molecule has 0 N–H and O–H groups in total. The number of rotatable bonds is 4. The maximum absolute atomic E-state index is 11.6. The van der Waals surface area contributed by atoms with E-state index < -0.39 is 0 Å². The molecule has 0 bridgehead atoms. The quantitative estimate of drug-likeness (QED) is 0.729. The van der Waals surface area contributed by atoms with Crippen molar-refractivity contribution in [1.82, 2.24) is 0 Å². The second-order valence-corrected chi connectivity index (χ2v) is 4.30. The summed E-state index contributed by atoms with van der Waals surface area (Å²) in [5.74, 6) is 0.200. The number of aryl methyl sites for hydroxylation is 1. The van der Waals surface area contributed by atoms with E-state index in [-0.39, 0.29) is 11.4 Å². The Morgan fingerprint density at radius 3 is 2.94 bits per heavy atom. The second-order valence-electron chi connectivity index (χ2n) is 4.30. The van der Waals surface area contributed by atoms with Crippen LogP contribution in [0, 0.1) is 23.7 Å². The number of furan rings is 1. The molecule has 16 heavy (non-hydrogen) atoms. The first-order valence-electron chi connectivity index (χ1n) is 5.25. The van der Waals surface area contributed by atoms with Gasteiger partial charge < -0.3 is 9.15 Å². The van der Waals surface area contributed by atoms with Gasteiger partial charge in [0.25, 0.3) is 0 Å². The summed E-state index contributed by atoms with van der Waals surface area (Å²) in [6.45, 7) is 2.06. The van der Waals surface area contributed by atoms with Crippen LogP contribution in [0.15, 0.2) is 16.7 Å². The molecule has 0 aliphatic heterocycles. The zero-order valence-electron chi connectivity index (χ0n) is 9.16. The number of ether oxygens (including phenoxy) is 1. The fourth-order valence-corrected chi connectivity index (χ4v) is 1.61. The van der Waals surface area contributed by atoms with Gasteiger partial charge in [-0.05, 0) is 25.8 Å². The average molecular weight is 219 g/mol. The maximum atomic E-state index is 11.6. The van der Waals surface area contributed by atoms with Crippen LogP contribution in [0.5, 0.6) is 0 Å². The molecule has 0 spiro atoms. The summed E-state index contributed by atoms with van der Waals surface area (Å²) in [5.41, 5.74) is 0.398. The van der Waals surface area contributed by atoms with Gasteiger partial charge in [-0.15, -0.1) is 0 Å². The number of carbonyl (C=O) groups is 1. The summed E-state index contributed by atoms with van der Waals surface area (Å²) in [6, 6.07) is 3.73. The average Bonchev–Trinajstić information content (AvgIpc) is 2.89. The summed E-state index contributed by atoms with van der Waals surface area (Å²) in [4.78, 5) is 11.6. The Bertz CT molecular complexity index is 437. The van der Waals surface area contributed by atoms with E-state index in [2.05, 4.69) is 6.07 Å². The highest BCUT2D eigenvalue weighted by Crippen LogP contribution is 2.48. The summed E-state index contributed by atoms with van der Waals surface area (Å²) < 4.78 is 10.2. The van der Waals surface area contributed by atoms with Crippen LogP contribution in [-0.2, 0) is 4.74 Å². The third kappa shape index (κ3) is 2.08. The summed E-state index contributed by atoms with van der Waals surface area (Å²) >= 11 is 0. The van der Waals surface area contributed by atoms with E-state index in [1.165, 1.54) is 6.26 Å². The van der Waals surface area contributed by atoms with Crippen LogP contribution in [0.25, 0.3) is 0 Å². The third-order valence-corrected chi connectivity index (χ3v) is 3.00. The first kappa shape index (κ1) is 10.7. The molecule has 1 aromatic rings. The predicted octanol–water partition coefficient (Wildman–Crippen LogP) is 2.44. The standard InChI is InChI=1S/C12H13NO3/c1-9-10(2-7-15-9)11(14)16-8-12(3-4-12)5-6-13/h2,7H,3-5,8H2,1H3. The number of carbonyl (C=O) groups excluding carboxylic acids is 1. The van der Waals surface area contributed by atoms with Crippen LogP contribution >= 0.6 is 0 Å². The Labute approximate surface area is 93.8 Å². The van der Waals surface area contributed by atoms with Crippen LogP contribution in [0.2, 0.25) is 0 Å². The second kappa shape index (κ2) is 4.01. The van der Waals surface area contributed by atoms with Crippen molar-refractivity contribution in [3.63, 3.8) is 0 Å². The fourth-order valence-electron chi connectivity index (χ4n) is 1.61. The van der Waals surface area contributed by atoms with Gasteiger partial charge in [-0.3, -0.25) is 0 Å².